The Bertz CT molecular complexity index is 177. The van der Waals surface area contributed by atoms with E-state index in [9.17, 15) is 5.11 Å². The van der Waals surface area contributed by atoms with Crippen LogP contribution in [-0.2, 0) is 0 Å². The molecule has 0 aliphatic carbocycles. The first kappa shape index (κ1) is 23.1. The maximum atomic E-state index is 9.35. The molecule has 0 saturated carbocycles. The Balaban J connectivity index is 0. The summed E-state index contributed by atoms with van der Waals surface area (Å²) in [5, 5.41) is 35.9. The second-order valence-corrected chi connectivity index (χ2v) is 5.86. The quantitative estimate of drug-likeness (QED) is 0.473. The third-order valence-corrected chi connectivity index (χ3v) is 4.23. The molecule has 21 heavy (non-hydrogen) atoms. The normalized spacial score (nSPS) is 16.6. The van der Waals surface area contributed by atoms with Crippen molar-refractivity contribution in [1.29, 1.82) is 0 Å². The van der Waals surface area contributed by atoms with Crippen molar-refractivity contribution in [3.8, 4) is 0 Å². The van der Waals surface area contributed by atoms with Crippen molar-refractivity contribution in [2.24, 2.45) is 17.8 Å². The van der Waals surface area contributed by atoms with Crippen molar-refractivity contribution >= 4 is 0 Å². The van der Waals surface area contributed by atoms with Gasteiger partial charge in [-0.2, -0.15) is 0 Å². The van der Waals surface area contributed by atoms with Crippen LogP contribution in [0.25, 0.3) is 0 Å². The van der Waals surface area contributed by atoms with Gasteiger partial charge < -0.3 is 20.4 Å². The molecule has 4 N–H and O–H groups in total. The fourth-order valence-electron chi connectivity index (χ4n) is 2.27. The SMILES string of the molecule is CCC(CO)CC(CC)CO.CCCC(O)C(CC)CO. The first-order chi connectivity index (χ1) is 10.0. The fourth-order valence-corrected chi connectivity index (χ4v) is 2.27. The summed E-state index contributed by atoms with van der Waals surface area (Å²) >= 11 is 0. The van der Waals surface area contributed by atoms with Crippen LogP contribution in [0, 0.1) is 17.8 Å². The van der Waals surface area contributed by atoms with Gasteiger partial charge in [0.05, 0.1) is 6.10 Å². The van der Waals surface area contributed by atoms with Gasteiger partial charge in [-0.25, -0.2) is 0 Å². The van der Waals surface area contributed by atoms with Crippen molar-refractivity contribution in [1.82, 2.24) is 0 Å². The van der Waals surface area contributed by atoms with Crippen LogP contribution in [0.5, 0.6) is 0 Å². The Morgan fingerprint density at radius 1 is 0.714 bits per heavy atom. The zero-order valence-electron chi connectivity index (χ0n) is 14.5. The monoisotopic (exact) mass is 306 g/mol. The van der Waals surface area contributed by atoms with E-state index in [0.717, 1.165) is 38.5 Å². The predicted molar refractivity (Wildman–Crippen MR) is 88.1 cm³/mol. The van der Waals surface area contributed by atoms with Crippen LogP contribution >= 0.6 is 0 Å². The zero-order valence-corrected chi connectivity index (χ0v) is 14.5. The van der Waals surface area contributed by atoms with Gasteiger partial charge in [0.15, 0.2) is 0 Å². The van der Waals surface area contributed by atoms with Crippen LogP contribution in [-0.4, -0.2) is 46.4 Å². The van der Waals surface area contributed by atoms with Gasteiger partial charge in [0.1, 0.15) is 0 Å². The molecular weight excluding hydrogens is 268 g/mol. The van der Waals surface area contributed by atoms with Crippen molar-refractivity contribution in [2.75, 3.05) is 19.8 Å². The van der Waals surface area contributed by atoms with Gasteiger partial charge in [-0.15, -0.1) is 0 Å². The predicted octanol–water partition coefficient (Wildman–Crippen LogP) is 2.58. The molecule has 0 amide bonds. The molecule has 0 aromatic heterocycles. The molecule has 0 aromatic carbocycles. The van der Waals surface area contributed by atoms with Gasteiger partial charge in [0.25, 0.3) is 0 Å². The highest BCUT2D eigenvalue weighted by Gasteiger charge is 2.14. The molecule has 4 heteroatoms. The minimum atomic E-state index is -0.306. The highest BCUT2D eigenvalue weighted by molar-refractivity contribution is 4.65. The minimum absolute atomic E-state index is 0.0833. The molecule has 0 bridgehead atoms. The van der Waals surface area contributed by atoms with Crippen LogP contribution < -0.4 is 0 Å². The molecule has 0 aromatic rings. The van der Waals surface area contributed by atoms with Crippen molar-refractivity contribution in [2.45, 2.75) is 72.3 Å². The van der Waals surface area contributed by atoms with E-state index in [-0.39, 0.29) is 31.8 Å². The van der Waals surface area contributed by atoms with E-state index in [1.807, 2.05) is 13.8 Å². The summed E-state index contributed by atoms with van der Waals surface area (Å²) in [6, 6.07) is 0. The maximum Gasteiger partial charge on any atom is 0.0590 e. The Hall–Kier alpha value is -0.160. The summed E-state index contributed by atoms with van der Waals surface area (Å²) in [5.41, 5.74) is 0. The fraction of sp³-hybridized carbons (Fsp3) is 1.00. The van der Waals surface area contributed by atoms with Crippen LogP contribution in [0.3, 0.4) is 0 Å². The summed E-state index contributed by atoms with van der Waals surface area (Å²) < 4.78 is 0. The smallest absolute Gasteiger partial charge is 0.0590 e. The van der Waals surface area contributed by atoms with E-state index < -0.39 is 0 Å². The molecule has 0 spiro atoms. The van der Waals surface area contributed by atoms with Crippen LogP contribution in [0.2, 0.25) is 0 Å². The maximum absolute atomic E-state index is 9.35. The molecule has 0 fully saturated rings. The average molecular weight is 306 g/mol. The molecular formula is C17H38O4. The Labute approximate surface area is 131 Å². The topological polar surface area (TPSA) is 80.9 Å². The Morgan fingerprint density at radius 3 is 1.43 bits per heavy atom. The number of aliphatic hydroxyl groups is 4. The number of rotatable bonds is 11. The van der Waals surface area contributed by atoms with Gasteiger partial charge in [-0.05, 0) is 31.1 Å². The molecule has 0 aliphatic heterocycles. The molecule has 4 nitrogen and oxygen atoms in total. The van der Waals surface area contributed by atoms with Crippen LogP contribution in [0.15, 0.2) is 0 Å². The van der Waals surface area contributed by atoms with Gasteiger partial charge in [-0.1, -0.05) is 47.0 Å². The molecule has 0 saturated heterocycles. The van der Waals surface area contributed by atoms with Gasteiger partial charge >= 0.3 is 0 Å². The third kappa shape index (κ3) is 12.1. The Kier molecular flexibility index (Phi) is 17.8. The molecule has 4 unspecified atom stereocenters. The zero-order chi connectivity index (χ0) is 16.7. The molecule has 130 valence electrons. The molecule has 4 atom stereocenters. The van der Waals surface area contributed by atoms with Crippen LogP contribution in [0.1, 0.15) is 66.2 Å². The number of aliphatic hydroxyl groups excluding tert-OH is 4. The highest BCUT2D eigenvalue weighted by atomic mass is 16.3. The van der Waals surface area contributed by atoms with E-state index in [4.69, 9.17) is 15.3 Å². The lowest BCUT2D eigenvalue weighted by Gasteiger charge is -2.17. The van der Waals surface area contributed by atoms with Gasteiger partial charge in [-0.3, -0.25) is 0 Å². The van der Waals surface area contributed by atoms with E-state index in [1.54, 1.807) is 0 Å². The minimum Gasteiger partial charge on any atom is -0.396 e. The standard InChI is InChI=1S/C9H20O2.C8H18O2/c1-3-8(6-10)5-9(4-2)7-11;1-3-5-8(10)7(4-2)6-9/h8-11H,3-7H2,1-2H3;7-10H,3-6H2,1-2H3. The number of hydrogen-bond donors (Lipinski definition) is 4. The number of hydrogen-bond acceptors (Lipinski definition) is 4. The lowest BCUT2D eigenvalue weighted by molar-refractivity contribution is 0.0584. The van der Waals surface area contributed by atoms with Gasteiger partial charge in [0, 0.05) is 25.7 Å². The lowest BCUT2D eigenvalue weighted by Crippen LogP contribution is -2.22. The first-order valence-corrected chi connectivity index (χ1v) is 8.54. The third-order valence-electron chi connectivity index (χ3n) is 4.23. The van der Waals surface area contributed by atoms with Crippen molar-refractivity contribution in [3.05, 3.63) is 0 Å². The first-order valence-electron chi connectivity index (χ1n) is 8.54. The summed E-state index contributed by atoms with van der Waals surface area (Å²) in [6.45, 7) is 8.79. The van der Waals surface area contributed by atoms with E-state index in [2.05, 4.69) is 13.8 Å². The van der Waals surface area contributed by atoms with E-state index >= 15 is 0 Å². The average Bonchev–Trinajstić information content (AvgIpc) is 2.51. The largest absolute Gasteiger partial charge is 0.396 e. The summed E-state index contributed by atoms with van der Waals surface area (Å²) in [4.78, 5) is 0. The summed E-state index contributed by atoms with van der Waals surface area (Å²) in [5.74, 6) is 0.846. The second-order valence-electron chi connectivity index (χ2n) is 5.86. The molecule has 0 rings (SSSR count). The van der Waals surface area contributed by atoms with Crippen LogP contribution in [0.4, 0.5) is 0 Å². The highest BCUT2D eigenvalue weighted by Crippen LogP contribution is 2.17. The van der Waals surface area contributed by atoms with E-state index in [1.165, 1.54) is 0 Å². The van der Waals surface area contributed by atoms with E-state index in [0.29, 0.717) is 11.8 Å². The summed E-state index contributed by atoms with van der Waals surface area (Å²) in [7, 11) is 0. The lowest BCUT2D eigenvalue weighted by atomic mass is 9.92. The molecule has 0 radical (unpaired) electrons. The Morgan fingerprint density at radius 2 is 1.19 bits per heavy atom. The summed E-state index contributed by atoms with van der Waals surface area (Å²) in [6.07, 6.45) is 5.31. The van der Waals surface area contributed by atoms with Crippen molar-refractivity contribution in [3.63, 3.8) is 0 Å². The molecule has 0 heterocycles. The van der Waals surface area contributed by atoms with Crippen molar-refractivity contribution < 1.29 is 20.4 Å². The molecule has 0 aliphatic rings. The second kappa shape index (κ2) is 16.2. The van der Waals surface area contributed by atoms with Gasteiger partial charge in [0.2, 0.25) is 0 Å².